The van der Waals surface area contributed by atoms with Gasteiger partial charge in [0, 0.05) is 40.5 Å². The fourth-order valence-electron chi connectivity index (χ4n) is 10.1. The van der Waals surface area contributed by atoms with E-state index in [2.05, 4.69) is 215 Å². The second kappa shape index (κ2) is 16.8. The summed E-state index contributed by atoms with van der Waals surface area (Å²) < 4.78 is 2.26. The quantitative estimate of drug-likeness (QED) is 0.143. The number of para-hydroxylation sites is 2. The molecule has 0 amide bonds. The van der Waals surface area contributed by atoms with Gasteiger partial charge in [0.1, 0.15) is 5.65 Å². The summed E-state index contributed by atoms with van der Waals surface area (Å²) in [6, 6.07) is 82.3. The molecule has 322 valence electrons. The normalized spacial score (nSPS) is 11.5. The van der Waals surface area contributed by atoms with E-state index >= 15 is 0 Å². The lowest BCUT2D eigenvalue weighted by molar-refractivity contribution is 1.29. The number of benzene rings is 8. The van der Waals surface area contributed by atoms with Crippen LogP contribution in [-0.2, 0) is 0 Å². The first-order chi connectivity index (χ1) is 34.2. The molecule has 13 aromatic rings. The largest absolute Gasteiger partial charge is 0.290 e. The maximum absolute atomic E-state index is 5.23. The van der Waals surface area contributed by atoms with Gasteiger partial charge in [-0.15, -0.1) is 0 Å². The lowest BCUT2D eigenvalue weighted by atomic mass is 9.86. The van der Waals surface area contributed by atoms with Crippen molar-refractivity contribution >= 4 is 38.5 Å². The van der Waals surface area contributed by atoms with E-state index in [1.54, 1.807) is 0 Å². The zero-order valence-corrected chi connectivity index (χ0v) is 37.4. The Hall–Kier alpha value is -9.32. The van der Waals surface area contributed by atoms with Crippen molar-refractivity contribution in [2.24, 2.45) is 0 Å². The van der Waals surface area contributed by atoms with Crippen LogP contribution in [0.2, 0.25) is 0 Å². The van der Waals surface area contributed by atoms with Crippen molar-refractivity contribution in [2.45, 2.75) is 0 Å². The minimum absolute atomic E-state index is 0.921. The first-order valence-corrected chi connectivity index (χ1v) is 23.3. The van der Waals surface area contributed by atoms with Crippen LogP contribution in [0.25, 0.3) is 128 Å². The average Bonchev–Trinajstić information content (AvgIpc) is 3.84. The molecule has 0 fully saturated rings. The molecule has 5 heterocycles. The SMILES string of the molecule is c1ccc(-c2ccc(-c3ccccc3-c3cc(-c4ccccc4-c4ccc(-c5ccccn5)cc4)cc(-c4ccccc4-c4ccc5c(c4)c4nc6ccccc6n4c4cccnc54)c3)cc2)nc1. The molecular weight excluding hydrogens is 839 g/mol. The fourth-order valence-corrected chi connectivity index (χ4v) is 10.1. The average molecular weight is 880 g/mol. The fraction of sp³-hybridized carbons (Fsp3) is 0. The van der Waals surface area contributed by atoms with Crippen molar-refractivity contribution in [1.82, 2.24) is 24.3 Å². The third kappa shape index (κ3) is 7.12. The highest BCUT2D eigenvalue weighted by atomic mass is 15.0. The van der Waals surface area contributed by atoms with Gasteiger partial charge in [0.25, 0.3) is 0 Å². The molecule has 5 nitrogen and oxygen atoms in total. The van der Waals surface area contributed by atoms with E-state index in [1.165, 1.54) is 0 Å². The molecule has 0 atom stereocenters. The predicted molar refractivity (Wildman–Crippen MR) is 285 cm³/mol. The highest BCUT2D eigenvalue weighted by Crippen LogP contribution is 2.43. The number of hydrogen-bond donors (Lipinski definition) is 0. The van der Waals surface area contributed by atoms with E-state index in [9.17, 15) is 0 Å². The molecule has 5 aromatic heterocycles. The lowest BCUT2D eigenvalue weighted by Crippen LogP contribution is -1.94. The summed E-state index contributed by atoms with van der Waals surface area (Å²) in [5.74, 6) is 0. The lowest BCUT2D eigenvalue weighted by Gasteiger charge is -2.18. The Kier molecular flexibility index (Phi) is 9.76. The summed E-state index contributed by atoms with van der Waals surface area (Å²) in [5, 5.41) is 2.14. The third-order valence-corrected chi connectivity index (χ3v) is 13.4. The Morgan fingerprint density at radius 1 is 0.275 bits per heavy atom. The number of imidazole rings is 1. The molecular formula is C64H41N5. The molecule has 69 heavy (non-hydrogen) atoms. The number of fused-ring (bicyclic) bond motifs is 8. The Bertz CT molecular complexity index is 3900. The summed E-state index contributed by atoms with van der Waals surface area (Å²) in [6.07, 6.45) is 5.57. The highest BCUT2D eigenvalue weighted by Gasteiger charge is 2.19. The van der Waals surface area contributed by atoms with Gasteiger partial charge in [0.2, 0.25) is 0 Å². The van der Waals surface area contributed by atoms with Gasteiger partial charge in [-0.25, -0.2) is 4.98 Å². The van der Waals surface area contributed by atoms with Crippen molar-refractivity contribution in [2.75, 3.05) is 0 Å². The molecule has 0 bridgehead atoms. The topological polar surface area (TPSA) is 56.0 Å². The van der Waals surface area contributed by atoms with Gasteiger partial charge in [-0.3, -0.25) is 19.4 Å². The Morgan fingerprint density at radius 3 is 1.22 bits per heavy atom. The second-order valence-electron chi connectivity index (χ2n) is 17.4. The monoisotopic (exact) mass is 879 g/mol. The summed E-state index contributed by atoms with van der Waals surface area (Å²) in [5.41, 5.74) is 22.7. The number of aromatic nitrogens is 5. The van der Waals surface area contributed by atoms with Crippen LogP contribution in [0.5, 0.6) is 0 Å². The first kappa shape index (κ1) is 40.0. The van der Waals surface area contributed by atoms with E-state index in [4.69, 9.17) is 9.97 Å². The minimum atomic E-state index is 0.921. The van der Waals surface area contributed by atoms with Crippen LogP contribution in [0.4, 0.5) is 0 Å². The van der Waals surface area contributed by atoms with Gasteiger partial charge in [0.05, 0.1) is 33.5 Å². The van der Waals surface area contributed by atoms with Crippen LogP contribution in [-0.4, -0.2) is 24.3 Å². The van der Waals surface area contributed by atoms with E-state index in [0.29, 0.717) is 0 Å². The molecule has 0 aliphatic heterocycles. The van der Waals surface area contributed by atoms with Crippen LogP contribution in [0.3, 0.4) is 0 Å². The van der Waals surface area contributed by atoms with Crippen molar-refractivity contribution in [3.8, 4) is 89.3 Å². The number of hydrogen-bond acceptors (Lipinski definition) is 4. The number of pyridine rings is 4. The van der Waals surface area contributed by atoms with E-state index < -0.39 is 0 Å². The molecule has 0 radical (unpaired) electrons. The highest BCUT2D eigenvalue weighted by molar-refractivity contribution is 6.13. The van der Waals surface area contributed by atoms with Crippen molar-refractivity contribution in [3.05, 3.63) is 249 Å². The standard InChI is InChI=1S/C64H41N5/c1-4-17-53(50(14-1)42-25-29-44(30-26-42)58-20-9-11-35-65-58)47-38-48(54-18-5-2-15-51(54)43-27-31-45(32-28-43)59-21-10-12-36-66-59)40-49(39-47)55-19-6-3-16-52(55)46-33-34-56-57(41-46)64-68-60-22-7-8-23-61(60)69(64)62-24-13-37-67-63(56)62/h1-41H. The molecule has 13 rings (SSSR count). The van der Waals surface area contributed by atoms with Gasteiger partial charge < -0.3 is 0 Å². The van der Waals surface area contributed by atoms with Crippen molar-refractivity contribution in [1.29, 1.82) is 0 Å². The van der Waals surface area contributed by atoms with E-state index in [-0.39, 0.29) is 0 Å². The van der Waals surface area contributed by atoms with Crippen LogP contribution >= 0.6 is 0 Å². The second-order valence-corrected chi connectivity index (χ2v) is 17.4. The molecule has 0 saturated heterocycles. The van der Waals surface area contributed by atoms with Gasteiger partial charge in [-0.05, 0) is 140 Å². The summed E-state index contributed by atoms with van der Waals surface area (Å²) in [4.78, 5) is 19.4. The molecule has 0 aliphatic carbocycles. The van der Waals surface area contributed by atoms with Crippen LogP contribution < -0.4 is 0 Å². The summed E-state index contributed by atoms with van der Waals surface area (Å²) in [6.45, 7) is 0. The zero-order chi connectivity index (χ0) is 45.7. The molecule has 8 aromatic carbocycles. The Balaban J connectivity index is 1.000. The maximum atomic E-state index is 5.23. The maximum Gasteiger partial charge on any atom is 0.146 e. The Labute approximate surface area is 399 Å². The molecule has 5 heteroatoms. The predicted octanol–water partition coefficient (Wildman–Crippen LogP) is 16.3. The molecule has 0 saturated carbocycles. The first-order valence-electron chi connectivity index (χ1n) is 23.3. The number of rotatable bonds is 8. The summed E-state index contributed by atoms with van der Waals surface area (Å²) in [7, 11) is 0. The van der Waals surface area contributed by atoms with Crippen LogP contribution in [0, 0.1) is 0 Å². The summed E-state index contributed by atoms with van der Waals surface area (Å²) >= 11 is 0. The number of nitrogens with zero attached hydrogens (tertiary/aromatic N) is 5. The zero-order valence-electron chi connectivity index (χ0n) is 37.4. The smallest absolute Gasteiger partial charge is 0.146 e. The van der Waals surface area contributed by atoms with Crippen molar-refractivity contribution < 1.29 is 0 Å². The van der Waals surface area contributed by atoms with Gasteiger partial charge in [0.15, 0.2) is 0 Å². The molecule has 0 N–H and O–H groups in total. The van der Waals surface area contributed by atoms with Crippen molar-refractivity contribution in [3.63, 3.8) is 0 Å². The molecule has 0 aliphatic rings. The van der Waals surface area contributed by atoms with E-state index in [1.807, 2.05) is 48.9 Å². The minimum Gasteiger partial charge on any atom is -0.290 e. The molecule has 0 spiro atoms. The Morgan fingerprint density at radius 2 is 0.696 bits per heavy atom. The third-order valence-electron chi connectivity index (χ3n) is 13.4. The van der Waals surface area contributed by atoms with Gasteiger partial charge in [-0.1, -0.05) is 158 Å². The van der Waals surface area contributed by atoms with E-state index in [0.717, 1.165) is 128 Å². The van der Waals surface area contributed by atoms with Gasteiger partial charge >= 0.3 is 0 Å². The molecule has 0 unspecified atom stereocenters. The van der Waals surface area contributed by atoms with Crippen LogP contribution in [0.15, 0.2) is 249 Å². The van der Waals surface area contributed by atoms with Gasteiger partial charge in [-0.2, -0.15) is 0 Å². The van der Waals surface area contributed by atoms with Crippen LogP contribution in [0.1, 0.15) is 0 Å².